The first kappa shape index (κ1) is 37.4. The van der Waals surface area contributed by atoms with Crippen LogP contribution >= 0.6 is 0 Å². The minimum Gasteiger partial charge on any atom is -0.396 e. The van der Waals surface area contributed by atoms with Crippen molar-refractivity contribution in [1.82, 2.24) is 5.32 Å². The molecule has 0 aliphatic heterocycles. The fourth-order valence-corrected chi connectivity index (χ4v) is 8.69. The number of rotatable bonds is 17. The van der Waals surface area contributed by atoms with Crippen LogP contribution in [0.1, 0.15) is 91.9 Å². The fraction of sp³-hybridized carbons (Fsp3) is 0.667. The Morgan fingerprint density at radius 3 is 2.60 bits per heavy atom. The lowest BCUT2D eigenvalue weighted by molar-refractivity contribution is -0.194. The van der Waals surface area contributed by atoms with Crippen LogP contribution in [0.15, 0.2) is 70.9 Å². The second-order valence-corrected chi connectivity index (χ2v) is 14.4. The standard InChI is InChI=1S/C39H61NO5/c1-27(2)10-7-11-28(3)12-8-13-29(4)14-9-15-33(26-43)34-18-20-39(37(34)44)36-31(19-23-41)16-17-32(35(36)30(5)25-42)24-38(39,45)21-22-40-6/h9,12,14-17,25,27,31-32,34,36-37,40-41,43-45H,4,7-8,10-11,13,18-24,26H2,1-3,5-6H3. The van der Waals surface area contributed by atoms with Gasteiger partial charge in [0.1, 0.15) is 6.29 Å². The molecule has 3 aliphatic carbocycles. The van der Waals surface area contributed by atoms with Crippen molar-refractivity contribution in [3.63, 3.8) is 0 Å². The predicted octanol–water partition coefficient (Wildman–Crippen LogP) is 6.39. The van der Waals surface area contributed by atoms with Gasteiger partial charge in [0.25, 0.3) is 0 Å². The van der Waals surface area contributed by atoms with E-state index in [0.29, 0.717) is 44.2 Å². The van der Waals surface area contributed by atoms with Gasteiger partial charge in [0, 0.05) is 23.9 Å². The number of aliphatic hydroxyl groups is 4. The minimum absolute atomic E-state index is 0.0158. The van der Waals surface area contributed by atoms with E-state index in [0.717, 1.165) is 48.2 Å². The van der Waals surface area contributed by atoms with E-state index in [1.54, 1.807) is 0 Å². The number of hydrogen-bond acceptors (Lipinski definition) is 6. The highest BCUT2D eigenvalue weighted by Crippen LogP contribution is 2.67. The van der Waals surface area contributed by atoms with Crippen LogP contribution in [0, 0.1) is 35.0 Å². The molecule has 2 bridgehead atoms. The van der Waals surface area contributed by atoms with Crippen molar-refractivity contribution in [2.24, 2.45) is 35.0 Å². The van der Waals surface area contributed by atoms with E-state index < -0.39 is 17.1 Å². The average molecular weight is 624 g/mol. The first-order chi connectivity index (χ1) is 21.5. The first-order valence-corrected chi connectivity index (χ1v) is 17.3. The largest absolute Gasteiger partial charge is 0.396 e. The van der Waals surface area contributed by atoms with Crippen LogP contribution in [0.4, 0.5) is 0 Å². The van der Waals surface area contributed by atoms with Crippen molar-refractivity contribution in [2.75, 3.05) is 26.8 Å². The second-order valence-electron chi connectivity index (χ2n) is 14.4. The molecule has 0 aromatic heterocycles. The zero-order chi connectivity index (χ0) is 33.2. The number of fused-ring (bicyclic) bond motifs is 3. The van der Waals surface area contributed by atoms with Gasteiger partial charge in [0.05, 0.1) is 18.3 Å². The molecule has 6 nitrogen and oxygen atoms in total. The van der Waals surface area contributed by atoms with Gasteiger partial charge in [0.15, 0.2) is 0 Å². The van der Waals surface area contributed by atoms with E-state index in [1.165, 1.54) is 18.4 Å². The number of allylic oxidation sites excluding steroid dienone is 10. The SMILES string of the molecule is C=C(C=CC=C(CO)C1CCC2(C1O)C1C(=C(C)C=O)C(C=CC1CCO)CC2(O)CCNC)CCC=C(C)CCCC(C)C. The maximum Gasteiger partial charge on any atom is 0.145 e. The Kier molecular flexibility index (Phi) is 14.3. The minimum atomic E-state index is -1.18. The highest BCUT2D eigenvalue weighted by molar-refractivity contribution is 5.74. The summed E-state index contributed by atoms with van der Waals surface area (Å²) in [6.45, 7) is 13.2. The van der Waals surface area contributed by atoms with Crippen molar-refractivity contribution in [3.8, 4) is 0 Å². The van der Waals surface area contributed by atoms with Gasteiger partial charge in [-0.2, -0.15) is 0 Å². The predicted molar refractivity (Wildman–Crippen MR) is 184 cm³/mol. The van der Waals surface area contributed by atoms with E-state index in [4.69, 9.17) is 0 Å². The van der Waals surface area contributed by atoms with Gasteiger partial charge < -0.3 is 25.7 Å². The van der Waals surface area contributed by atoms with Crippen molar-refractivity contribution in [1.29, 1.82) is 0 Å². The first-order valence-electron chi connectivity index (χ1n) is 17.3. The molecule has 0 saturated heterocycles. The lowest BCUT2D eigenvalue weighted by Gasteiger charge is -2.61. The molecule has 0 heterocycles. The summed E-state index contributed by atoms with van der Waals surface area (Å²) in [5.41, 5.74) is 2.73. The van der Waals surface area contributed by atoms with Gasteiger partial charge >= 0.3 is 0 Å². The summed E-state index contributed by atoms with van der Waals surface area (Å²) in [6, 6.07) is 0. The number of nitrogens with one attached hydrogen (secondary N) is 1. The summed E-state index contributed by atoms with van der Waals surface area (Å²) in [5, 5.41) is 48.6. The third-order valence-electron chi connectivity index (χ3n) is 11.0. The number of hydrogen-bond donors (Lipinski definition) is 5. The molecule has 7 unspecified atom stereocenters. The summed E-state index contributed by atoms with van der Waals surface area (Å²) >= 11 is 0. The molecule has 7 atom stereocenters. The summed E-state index contributed by atoms with van der Waals surface area (Å²) in [7, 11) is 1.86. The maximum atomic E-state index is 12.6. The van der Waals surface area contributed by atoms with E-state index >= 15 is 0 Å². The van der Waals surface area contributed by atoms with Gasteiger partial charge in [-0.3, -0.25) is 4.79 Å². The fourth-order valence-electron chi connectivity index (χ4n) is 8.69. The van der Waals surface area contributed by atoms with E-state index in [1.807, 2.05) is 32.2 Å². The smallest absolute Gasteiger partial charge is 0.145 e. The molecule has 5 N–H and O–H groups in total. The zero-order valence-corrected chi connectivity index (χ0v) is 28.6. The van der Waals surface area contributed by atoms with Crippen molar-refractivity contribution in [2.45, 2.75) is 104 Å². The third kappa shape index (κ3) is 8.44. The zero-order valence-electron chi connectivity index (χ0n) is 28.6. The Labute approximate surface area is 272 Å². The van der Waals surface area contributed by atoms with Crippen molar-refractivity contribution >= 4 is 6.29 Å². The molecule has 0 amide bonds. The molecule has 3 rings (SSSR count). The number of carbonyl (C=O) groups excluding carboxylic acids is 1. The maximum absolute atomic E-state index is 12.6. The third-order valence-corrected chi connectivity index (χ3v) is 11.0. The molecule has 0 aromatic rings. The van der Waals surface area contributed by atoms with Gasteiger partial charge in [-0.25, -0.2) is 0 Å². The molecule has 3 aliphatic rings. The molecule has 2 fully saturated rings. The second kappa shape index (κ2) is 17.2. The van der Waals surface area contributed by atoms with Gasteiger partial charge in [-0.05, 0) is 114 Å². The van der Waals surface area contributed by atoms with Crippen LogP contribution in [-0.2, 0) is 4.79 Å². The lowest BCUT2D eigenvalue weighted by Crippen LogP contribution is -2.65. The van der Waals surface area contributed by atoms with E-state index in [-0.39, 0.29) is 36.9 Å². The Morgan fingerprint density at radius 1 is 1.20 bits per heavy atom. The highest BCUT2D eigenvalue weighted by Gasteiger charge is 2.68. The van der Waals surface area contributed by atoms with Crippen LogP contribution in [-0.4, -0.2) is 65.2 Å². The van der Waals surface area contributed by atoms with Gasteiger partial charge in [0.2, 0.25) is 0 Å². The number of carbonyl (C=O) groups is 1. The molecule has 0 radical (unpaired) electrons. The molecule has 1 spiro atoms. The molecule has 0 aromatic carbocycles. The lowest BCUT2D eigenvalue weighted by atomic mass is 9.45. The van der Waals surface area contributed by atoms with E-state index in [9.17, 15) is 25.2 Å². The van der Waals surface area contributed by atoms with Crippen LogP contribution < -0.4 is 5.32 Å². The molecular weight excluding hydrogens is 562 g/mol. The Bertz CT molecular complexity index is 1160. The highest BCUT2D eigenvalue weighted by atomic mass is 16.3. The van der Waals surface area contributed by atoms with Gasteiger partial charge in [-0.15, -0.1) is 0 Å². The summed E-state index contributed by atoms with van der Waals surface area (Å²) in [5.74, 6) is -0.0698. The Balaban J connectivity index is 1.86. The molecule has 2 saturated carbocycles. The Morgan fingerprint density at radius 2 is 1.96 bits per heavy atom. The Hall–Kier alpha value is -2.09. The molecule has 6 heteroatoms. The summed E-state index contributed by atoms with van der Waals surface area (Å²) < 4.78 is 0. The van der Waals surface area contributed by atoms with Crippen LogP contribution in [0.5, 0.6) is 0 Å². The average Bonchev–Trinajstić information content (AvgIpc) is 3.35. The summed E-state index contributed by atoms with van der Waals surface area (Å²) in [4.78, 5) is 12.1. The van der Waals surface area contributed by atoms with Crippen LogP contribution in [0.3, 0.4) is 0 Å². The van der Waals surface area contributed by atoms with E-state index in [2.05, 4.69) is 50.9 Å². The molecular formula is C39H61NO5. The topological polar surface area (TPSA) is 110 Å². The molecule has 45 heavy (non-hydrogen) atoms. The normalized spacial score (nSPS) is 33.1. The quantitative estimate of drug-likeness (QED) is 0.0556. The van der Waals surface area contributed by atoms with Crippen LogP contribution in [0.2, 0.25) is 0 Å². The van der Waals surface area contributed by atoms with Crippen LogP contribution in [0.25, 0.3) is 0 Å². The van der Waals surface area contributed by atoms with Crippen molar-refractivity contribution < 1.29 is 25.2 Å². The van der Waals surface area contributed by atoms with Gasteiger partial charge in [-0.1, -0.05) is 80.0 Å². The molecule has 252 valence electrons. The number of aliphatic hydroxyl groups excluding tert-OH is 3. The summed E-state index contributed by atoms with van der Waals surface area (Å²) in [6.07, 6.45) is 20.3. The van der Waals surface area contributed by atoms with Crippen molar-refractivity contribution in [3.05, 3.63) is 70.9 Å². The monoisotopic (exact) mass is 623 g/mol. The number of aldehydes is 1.